The van der Waals surface area contributed by atoms with Gasteiger partial charge in [-0.05, 0) is 69.1 Å². The fourth-order valence-electron chi connectivity index (χ4n) is 7.61. The largest absolute Gasteiger partial charge is 0.619 e. The number of amides is 1. The van der Waals surface area contributed by atoms with Crippen LogP contribution in [0.1, 0.15) is 72.6 Å². The Kier molecular flexibility index (Phi) is 3.10. The molecule has 0 radical (unpaired) electrons. The van der Waals surface area contributed by atoms with E-state index >= 15 is 0 Å². The van der Waals surface area contributed by atoms with E-state index < -0.39 is 5.60 Å². The van der Waals surface area contributed by atoms with E-state index in [9.17, 15) is 15.1 Å². The third-order valence-corrected chi connectivity index (χ3v) is 8.27. The maximum Gasteiger partial charge on any atom is 0.272 e. The average Bonchev–Trinajstić information content (AvgIpc) is 3.14. The van der Waals surface area contributed by atoms with Gasteiger partial charge < -0.3 is 15.6 Å². The highest BCUT2D eigenvalue weighted by Gasteiger charge is 2.58. The lowest BCUT2D eigenvalue weighted by atomic mass is 9.51. The van der Waals surface area contributed by atoms with Crippen molar-refractivity contribution in [3.63, 3.8) is 0 Å². The summed E-state index contributed by atoms with van der Waals surface area (Å²) in [5, 5.41) is 30.8. The molecular weight excluding hydrogens is 382 g/mol. The number of aliphatic hydroxyl groups is 1. The molecular formula is C22H25N5O3. The van der Waals surface area contributed by atoms with Crippen molar-refractivity contribution in [1.82, 2.24) is 20.1 Å². The lowest BCUT2D eigenvalue weighted by Gasteiger charge is -2.60. The summed E-state index contributed by atoms with van der Waals surface area (Å²) < 4.78 is 2.43. The third-order valence-electron chi connectivity index (χ3n) is 8.27. The molecule has 2 unspecified atom stereocenters. The van der Waals surface area contributed by atoms with Crippen LogP contribution in [0.3, 0.4) is 0 Å². The van der Waals surface area contributed by atoms with Gasteiger partial charge in [-0.25, -0.2) is 9.67 Å². The Morgan fingerprint density at radius 1 is 1.27 bits per heavy atom. The van der Waals surface area contributed by atoms with Crippen molar-refractivity contribution in [2.75, 3.05) is 0 Å². The van der Waals surface area contributed by atoms with Crippen molar-refractivity contribution in [1.29, 1.82) is 0 Å². The zero-order chi connectivity index (χ0) is 20.3. The minimum Gasteiger partial charge on any atom is -0.619 e. The van der Waals surface area contributed by atoms with Crippen molar-refractivity contribution in [3.8, 4) is 5.82 Å². The number of hydrogen-bond acceptors (Lipinski definition) is 5. The molecule has 8 rings (SSSR count). The molecule has 2 heterocycles. The van der Waals surface area contributed by atoms with E-state index in [0.717, 1.165) is 49.8 Å². The molecule has 30 heavy (non-hydrogen) atoms. The summed E-state index contributed by atoms with van der Waals surface area (Å²) in [6, 6.07) is 0. The van der Waals surface area contributed by atoms with E-state index in [1.807, 2.05) is 0 Å². The molecule has 8 heteroatoms. The van der Waals surface area contributed by atoms with Crippen molar-refractivity contribution in [3.05, 3.63) is 40.7 Å². The van der Waals surface area contributed by atoms with E-state index in [1.165, 1.54) is 25.0 Å². The van der Waals surface area contributed by atoms with Gasteiger partial charge in [-0.15, -0.1) is 0 Å². The van der Waals surface area contributed by atoms with Crippen LogP contribution in [-0.4, -0.2) is 36.9 Å². The second-order valence-electron chi connectivity index (χ2n) is 10.6. The highest BCUT2D eigenvalue weighted by molar-refractivity contribution is 5.95. The predicted molar refractivity (Wildman–Crippen MR) is 105 cm³/mol. The molecule has 0 aliphatic heterocycles. The van der Waals surface area contributed by atoms with E-state index in [2.05, 4.69) is 15.4 Å². The molecule has 0 spiro atoms. The van der Waals surface area contributed by atoms with Gasteiger partial charge in [-0.3, -0.25) is 4.79 Å². The molecule has 1 amide bonds. The number of aromatic nitrogens is 4. The van der Waals surface area contributed by atoms with Crippen LogP contribution in [0.4, 0.5) is 0 Å². The molecule has 5 fully saturated rings. The van der Waals surface area contributed by atoms with Gasteiger partial charge >= 0.3 is 0 Å². The second kappa shape index (κ2) is 5.41. The van der Waals surface area contributed by atoms with E-state index in [0.29, 0.717) is 46.3 Å². The molecule has 6 atom stereocenters. The van der Waals surface area contributed by atoms with Gasteiger partial charge in [0, 0.05) is 17.0 Å². The van der Waals surface area contributed by atoms with Gasteiger partial charge in [0.2, 0.25) is 12.0 Å². The SMILES string of the molecule is O=C(NC12C[C@@H]3C[C@@H](CC(O)(C3)C1)C2)c1nn(-c2c[n+]([O-])ccn2)c2c1C[C@@H]1C[C@H]21. The number of hydrogen-bond donors (Lipinski definition) is 2. The van der Waals surface area contributed by atoms with Gasteiger partial charge in [-0.1, -0.05) is 0 Å². The average molecular weight is 407 g/mol. The summed E-state index contributed by atoms with van der Waals surface area (Å²) in [4.78, 5) is 17.8. The third kappa shape index (κ3) is 2.37. The maximum atomic E-state index is 13.5. The first-order valence-corrected chi connectivity index (χ1v) is 11.1. The first kappa shape index (κ1) is 17.2. The van der Waals surface area contributed by atoms with Crippen LogP contribution in [0.15, 0.2) is 18.6 Å². The quantitative estimate of drug-likeness (QED) is 0.590. The molecule has 6 aliphatic carbocycles. The standard InChI is InChI=1S/C22H25N5O3/c28-20(24-21-6-12-3-13(7-21)9-22(29,8-12)11-21)18-16-5-14-4-15(14)19(16)27(25-18)17-10-26(30)2-1-23-17/h1-2,10,12-15,29H,3-9,11H2,(H,24,28)/t12-,13+,14-,15-,21?,22?/m0/s1. The van der Waals surface area contributed by atoms with E-state index in [-0.39, 0.29) is 11.4 Å². The molecule has 4 bridgehead atoms. The van der Waals surface area contributed by atoms with Crippen molar-refractivity contribution in [2.24, 2.45) is 17.8 Å². The van der Waals surface area contributed by atoms with Crippen LogP contribution >= 0.6 is 0 Å². The summed E-state index contributed by atoms with van der Waals surface area (Å²) >= 11 is 0. The van der Waals surface area contributed by atoms with Gasteiger partial charge in [-0.2, -0.15) is 9.83 Å². The van der Waals surface area contributed by atoms with Crippen LogP contribution in [0.5, 0.6) is 0 Å². The summed E-state index contributed by atoms with van der Waals surface area (Å²) in [6.45, 7) is 0. The lowest BCUT2D eigenvalue weighted by molar-refractivity contribution is -0.605. The lowest BCUT2D eigenvalue weighted by Crippen LogP contribution is -2.65. The number of fused-ring (bicyclic) bond motifs is 3. The molecule has 2 N–H and O–H groups in total. The van der Waals surface area contributed by atoms with Gasteiger partial charge in [0.15, 0.2) is 11.9 Å². The maximum absolute atomic E-state index is 13.5. The van der Waals surface area contributed by atoms with E-state index in [1.54, 1.807) is 4.68 Å². The predicted octanol–water partition coefficient (Wildman–Crippen LogP) is 1.37. The van der Waals surface area contributed by atoms with Gasteiger partial charge in [0.25, 0.3) is 5.91 Å². The zero-order valence-electron chi connectivity index (χ0n) is 16.8. The molecule has 156 valence electrons. The van der Waals surface area contributed by atoms with Crippen LogP contribution in [0.2, 0.25) is 0 Å². The fourth-order valence-corrected chi connectivity index (χ4v) is 7.61. The number of rotatable bonds is 3. The normalized spacial score (nSPS) is 39.6. The smallest absolute Gasteiger partial charge is 0.272 e. The molecule has 0 saturated heterocycles. The van der Waals surface area contributed by atoms with Crippen LogP contribution in [0.25, 0.3) is 5.82 Å². The minimum atomic E-state index is -0.615. The Labute approximate surface area is 173 Å². The van der Waals surface area contributed by atoms with E-state index in [4.69, 9.17) is 0 Å². The van der Waals surface area contributed by atoms with Crippen LogP contribution in [0, 0.1) is 23.0 Å². The van der Waals surface area contributed by atoms with Crippen molar-refractivity contribution < 1.29 is 14.6 Å². The highest BCUT2D eigenvalue weighted by Crippen LogP contribution is 2.59. The van der Waals surface area contributed by atoms with Gasteiger partial charge in [0.05, 0.1) is 17.5 Å². The summed E-state index contributed by atoms with van der Waals surface area (Å²) in [5.74, 6) is 2.33. The first-order chi connectivity index (χ1) is 14.4. The monoisotopic (exact) mass is 407 g/mol. The number of nitrogens with zero attached hydrogens (tertiary/aromatic N) is 4. The van der Waals surface area contributed by atoms with Crippen LogP contribution in [-0.2, 0) is 6.42 Å². The Morgan fingerprint density at radius 3 is 2.80 bits per heavy atom. The number of carbonyl (C=O) groups is 1. The Hall–Kier alpha value is -2.48. The summed E-state index contributed by atoms with van der Waals surface area (Å²) in [5.41, 5.74) is 1.61. The summed E-state index contributed by atoms with van der Waals surface area (Å²) in [7, 11) is 0. The topological polar surface area (TPSA) is 107 Å². The fraction of sp³-hybridized carbons (Fsp3) is 0.636. The molecule has 0 aromatic carbocycles. The van der Waals surface area contributed by atoms with Crippen LogP contribution < -0.4 is 10.0 Å². The zero-order valence-corrected chi connectivity index (χ0v) is 16.8. The molecule has 2 aromatic heterocycles. The molecule has 8 nitrogen and oxygen atoms in total. The van der Waals surface area contributed by atoms with Gasteiger partial charge in [0.1, 0.15) is 0 Å². The summed E-state index contributed by atoms with van der Waals surface area (Å²) in [6.07, 6.45) is 11.7. The Bertz CT molecular complexity index is 1080. The molecule has 6 aliphatic rings. The molecule has 5 saturated carbocycles. The Balaban J connectivity index is 1.25. The van der Waals surface area contributed by atoms with Crippen molar-refractivity contribution >= 4 is 5.91 Å². The second-order valence-corrected chi connectivity index (χ2v) is 10.6. The van der Waals surface area contributed by atoms with Crippen molar-refractivity contribution in [2.45, 2.75) is 68.4 Å². The number of nitrogens with one attached hydrogen (secondary N) is 1. The first-order valence-electron chi connectivity index (χ1n) is 11.1. The number of carbonyl (C=O) groups excluding carboxylic acids is 1. The molecule has 2 aromatic rings. The minimum absolute atomic E-state index is 0.136. The highest BCUT2D eigenvalue weighted by atomic mass is 16.5. The Morgan fingerprint density at radius 2 is 2.07 bits per heavy atom.